The van der Waals surface area contributed by atoms with E-state index in [0.717, 1.165) is 22.3 Å². The maximum atomic E-state index is 12.3. The molecule has 1 heterocycles. The zero-order valence-corrected chi connectivity index (χ0v) is 15.5. The number of para-hydroxylation sites is 1. The highest BCUT2D eigenvalue weighted by molar-refractivity contribution is 6.01. The van der Waals surface area contributed by atoms with Crippen LogP contribution in [-0.2, 0) is 9.59 Å². The van der Waals surface area contributed by atoms with Gasteiger partial charge in [0.15, 0.2) is 6.61 Å². The predicted molar refractivity (Wildman–Crippen MR) is 106 cm³/mol. The molecular weight excluding hydrogens is 342 g/mol. The number of aryl methyl sites for hydroxylation is 1. The molecule has 1 N–H and O–H groups in total. The number of carbonyl (C=O) groups excluding carboxylic acids is 2. The second-order valence-electron chi connectivity index (χ2n) is 6.24. The van der Waals surface area contributed by atoms with Crippen LogP contribution < -0.4 is 15.0 Å². The highest BCUT2D eigenvalue weighted by Crippen LogP contribution is 2.23. The van der Waals surface area contributed by atoms with E-state index in [1.165, 1.54) is 11.8 Å². The molecule has 3 aromatic rings. The van der Waals surface area contributed by atoms with Crippen molar-refractivity contribution in [1.29, 1.82) is 0 Å². The van der Waals surface area contributed by atoms with Crippen molar-refractivity contribution in [3.05, 3.63) is 60.3 Å². The summed E-state index contributed by atoms with van der Waals surface area (Å²) in [5.74, 6) is 0.250. The van der Waals surface area contributed by atoms with E-state index in [9.17, 15) is 9.59 Å². The van der Waals surface area contributed by atoms with Crippen LogP contribution >= 0.6 is 0 Å². The average molecular weight is 363 g/mol. The number of benzene rings is 2. The fraction of sp³-hybridized carbons (Fsp3) is 0.190. The molecule has 0 radical (unpaired) electrons. The van der Waals surface area contributed by atoms with E-state index >= 15 is 0 Å². The molecule has 0 saturated carbocycles. The summed E-state index contributed by atoms with van der Waals surface area (Å²) in [4.78, 5) is 29.7. The molecule has 0 spiro atoms. The summed E-state index contributed by atoms with van der Waals surface area (Å²) < 4.78 is 5.55. The minimum absolute atomic E-state index is 0.0529. The van der Waals surface area contributed by atoms with E-state index < -0.39 is 0 Å². The maximum absolute atomic E-state index is 12.3. The van der Waals surface area contributed by atoms with Gasteiger partial charge in [0, 0.05) is 30.7 Å². The van der Waals surface area contributed by atoms with Gasteiger partial charge in [0.2, 0.25) is 5.91 Å². The molecule has 0 unspecified atom stereocenters. The first-order valence-electron chi connectivity index (χ1n) is 8.57. The molecule has 3 rings (SSSR count). The van der Waals surface area contributed by atoms with Crippen LogP contribution in [0.1, 0.15) is 12.6 Å². The number of rotatable bonds is 5. The molecule has 6 nitrogen and oxygen atoms in total. The maximum Gasteiger partial charge on any atom is 0.262 e. The second kappa shape index (κ2) is 7.86. The Morgan fingerprint density at radius 1 is 1.11 bits per heavy atom. The van der Waals surface area contributed by atoms with Gasteiger partial charge in [-0.3, -0.25) is 14.6 Å². The van der Waals surface area contributed by atoms with Crippen molar-refractivity contribution in [1.82, 2.24) is 4.98 Å². The molecule has 0 aliphatic rings. The van der Waals surface area contributed by atoms with Crippen molar-refractivity contribution in [2.45, 2.75) is 13.8 Å². The third-order valence-corrected chi connectivity index (χ3v) is 4.18. The van der Waals surface area contributed by atoms with Gasteiger partial charge in [-0.1, -0.05) is 18.2 Å². The first kappa shape index (κ1) is 18.4. The summed E-state index contributed by atoms with van der Waals surface area (Å²) in [6.45, 7) is 3.27. The van der Waals surface area contributed by atoms with Crippen molar-refractivity contribution < 1.29 is 14.3 Å². The Hall–Kier alpha value is -3.41. The van der Waals surface area contributed by atoms with Gasteiger partial charge in [-0.25, -0.2) is 0 Å². The smallest absolute Gasteiger partial charge is 0.262 e. The summed E-state index contributed by atoms with van der Waals surface area (Å²) in [5, 5.41) is 3.77. The van der Waals surface area contributed by atoms with Crippen LogP contribution in [0.2, 0.25) is 0 Å². The van der Waals surface area contributed by atoms with Gasteiger partial charge in [-0.15, -0.1) is 0 Å². The lowest BCUT2D eigenvalue weighted by Crippen LogP contribution is -2.22. The van der Waals surface area contributed by atoms with Crippen molar-refractivity contribution in [3.63, 3.8) is 0 Å². The number of carbonyl (C=O) groups is 2. The second-order valence-corrected chi connectivity index (χ2v) is 6.24. The number of ether oxygens (including phenoxy) is 1. The molecule has 138 valence electrons. The molecule has 0 atom stereocenters. The Bertz CT molecular complexity index is 984. The van der Waals surface area contributed by atoms with Gasteiger partial charge in [-0.2, -0.15) is 0 Å². The average Bonchev–Trinajstić information content (AvgIpc) is 2.66. The van der Waals surface area contributed by atoms with E-state index in [0.29, 0.717) is 11.4 Å². The fourth-order valence-electron chi connectivity index (χ4n) is 2.69. The van der Waals surface area contributed by atoms with E-state index in [-0.39, 0.29) is 18.4 Å². The largest absolute Gasteiger partial charge is 0.484 e. The topological polar surface area (TPSA) is 71.5 Å². The molecule has 2 aromatic carbocycles. The van der Waals surface area contributed by atoms with E-state index in [4.69, 9.17) is 4.74 Å². The fourth-order valence-corrected chi connectivity index (χ4v) is 2.69. The SMILES string of the molecule is CC(=O)N(C)c1ccc(OCC(=O)Nc2cc(C)nc3ccccc23)cc1. The van der Waals surface area contributed by atoms with Crippen LogP contribution in [0, 0.1) is 6.92 Å². The standard InChI is InChI=1S/C21H21N3O3/c1-14-12-20(18-6-4-5-7-19(18)22-14)23-21(26)13-27-17-10-8-16(9-11-17)24(3)15(2)25/h4-12H,13H2,1-3H3,(H,22,23,26). The van der Waals surface area contributed by atoms with Gasteiger partial charge < -0.3 is 15.0 Å². The van der Waals surface area contributed by atoms with Crippen LogP contribution in [-0.4, -0.2) is 30.5 Å². The van der Waals surface area contributed by atoms with Gasteiger partial charge in [0.25, 0.3) is 5.91 Å². The van der Waals surface area contributed by atoms with Crippen molar-refractivity contribution in [2.75, 3.05) is 23.9 Å². The van der Waals surface area contributed by atoms with Crippen LogP contribution in [0.4, 0.5) is 11.4 Å². The minimum atomic E-state index is -0.254. The Morgan fingerprint density at radius 2 is 1.81 bits per heavy atom. The van der Waals surface area contributed by atoms with Crippen molar-refractivity contribution in [3.8, 4) is 5.75 Å². The quantitative estimate of drug-likeness (QED) is 0.753. The third kappa shape index (κ3) is 4.41. The zero-order chi connectivity index (χ0) is 19.4. The summed E-state index contributed by atoms with van der Waals surface area (Å²) >= 11 is 0. The van der Waals surface area contributed by atoms with E-state index in [1.54, 1.807) is 31.3 Å². The number of nitrogens with zero attached hydrogens (tertiary/aromatic N) is 2. The minimum Gasteiger partial charge on any atom is -0.484 e. The number of nitrogens with one attached hydrogen (secondary N) is 1. The summed E-state index contributed by atoms with van der Waals surface area (Å²) in [5.41, 5.74) is 3.14. The lowest BCUT2D eigenvalue weighted by atomic mass is 10.1. The highest BCUT2D eigenvalue weighted by atomic mass is 16.5. The van der Waals surface area contributed by atoms with Crippen molar-refractivity contribution in [2.24, 2.45) is 0 Å². The third-order valence-electron chi connectivity index (χ3n) is 4.18. The summed E-state index contributed by atoms with van der Waals surface area (Å²) in [7, 11) is 1.70. The molecule has 2 amide bonds. The Morgan fingerprint density at radius 3 is 2.52 bits per heavy atom. The van der Waals surface area contributed by atoms with Gasteiger partial charge in [0.1, 0.15) is 5.75 Å². The molecule has 6 heteroatoms. The van der Waals surface area contributed by atoms with E-state index in [2.05, 4.69) is 10.3 Å². The lowest BCUT2D eigenvalue weighted by molar-refractivity contribution is -0.118. The molecule has 0 bridgehead atoms. The number of amides is 2. The molecule has 0 aliphatic carbocycles. The Labute approximate surface area is 157 Å². The van der Waals surface area contributed by atoms with Gasteiger partial charge >= 0.3 is 0 Å². The molecular formula is C21H21N3O3. The molecule has 0 saturated heterocycles. The Kier molecular flexibility index (Phi) is 5.35. The van der Waals surface area contributed by atoms with Crippen LogP contribution in [0.3, 0.4) is 0 Å². The normalized spacial score (nSPS) is 10.5. The number of anilines is 2. The number of pyridine rings is 1. The zero-order valence-electron chi connectivity index (χ0n) is 15.5. The number of aromatic nitrogens is 1. The first-order chi connectivity index (χ1) is 12.9. The lowest BCUT2D eigenvalue weighted by Gasteiger charge is -2.15. The molecule has 0 aliphatic heterocycles. The number of hydrogen-bond acceptors (Lipinski definition) is 4. The van der Waals surface area contributed by atoms with Gasteiger partial charge in [-0.05, 0) is 43.3 Å². The first-order valence-corrected chi connectivity index (χ1v) is 8.57. The van der Waals surface area contributed by atoms with Crippen LogP contribution in [0.5, 0.6) is 5.75 Å². The number of fused-ring (bicyclic) bond motifs is 1. The number of hydrogen-bond donors (Lipinski definition) is 1. The molecule has 0 fully saturated rings. The molecule has 27 heavy (non-hydrogen) atoms. The van der Waals surface area contributed by atoms with Crippen molar-refractivity contribution >= 4 is 34.1 Å². The summed E-state index contributed by atoms with van der Waals surface area (Å²) in [6, 6.07) is 16.5. The van der Waals surface area contributed by atoms with Gasteiger partial charge in [0.05, 0.1) is 11.2 Å². The predicted octanol–water partition coefficient (Wildman–Crippen LogP) is 3.54. The van der Waals surface area contributed by atoms with E-state index in [1.807, 2.05) is 37.3 Å². The molecule has 1 aromatic heterocycles. The highest BCUT2D eigenvalue weighted by Gasteiger charge is 2.09. The summed E-state index contributed by atoms with van der Waals surface area (Å²) in [6.07, 6.45) is 0. The van der Waals surface area contributed by atoms with Crippen LogP contribution in [0.25, 0.3) is 10.9 Å². The van der Waals surface area contributed by atoms with Crippen LogP contribution in [0.15, 0.2) is 54.6 Å². The Balaban J connectivity index is 1.64. The monoisotopic (exact) mass is 363 g/mol.